The minimum absolute atomic E-state index is 0.105. The summed E-state index contributed by atoms with van der Waals surface area (Å²) in [5.74, 6) is -1.64. The minimum Gasteiger partial charge on any atom is -0.335 e. The molecule has 0 bridgehead atoms. The quantitative estimate of drug-likeness (QED) is 0.694. The molecule has 0 radical (unpaired) electrons. The highest BCUT2D eigenvalue weighted by molar-refractivity contribution is 6.30. The standard InChI is InChI=1S/C19H15ClF4N2O2/c20-14-5-6-15(16(21)11-14)18(28)26-9-7-25(8-10-26)17(27)12-1-3-13(4-2-12)19(22,23)24/h1-6,11H,7-10H2. The van der Waals surface area contributed by atoms with Gasteiger partial charge in [-0.05, 0) is 42.5 Å². The van der Waals surface area contributed by atoms with E-state index in [1.54, 1.807) is 0 Å². The maximum atomic E-state index is 13.9. The normalized spacial score (nSPS) is 14.9. The van der Waals surface area contributed by atoms with Gasteiger partial charge in [0.15, 0.2) is 0 Å². The number of halogens is 5. The van der Waals surface area contributed by atoms with E-state index < -0.39 is 29.4 Å². The van der Waals surface area contributed by atoms with Gasteiger partial charge in [-0.2, -0.15) is 13.2 Å². The molecule has 1 saturated heterocycles. The van der Waals surface area contributed by atoms with Crippen LogP contribution in [0.5, 0.6) is 0 Å². The second-order valence-electron chi connectivity index (χ2n) is 6.28. The summed E-state index contributed by atoms with van der Waals surface area (Å²) < 4.78 is 51.8. The molecule has 2 aromatic carbocycles. The number of carbonyl (C=O) groups is 2. The summed E-state index contributed by atoms with van der Waals surface area (Å²) in [5, 5.41) is 0.181. The molecule has 1 aliphatic rings. The van der Waals surface area contributed by atoms with Crippen LogP contribution in [-0.2, 0) is 6.18 Å². The maximum Gasteiger partial charge on any atom is 0.416 e. The predicted molar refractivity (Wildman–Crippen MR) is 94.7 cm³/mol. The van der Waals surface area contributed by atoms with Crippen LogP contribution in [0.15, 0.2) is 42.5 Å². The van der Waals surface area contributed by atoms with Crippen molar-refractivity contribution in [2.24, 2.45) is 0 Å². The van der Waals surface area contributed by atoms with Crippen molar-refractivity contribution < 1.29 is 27.2 Å². The van der Waals surface area contributed by atoms with E-state index in [1.807, 2.05) is 0 Å². The van der Waals surface area contributed by atoms with Gasteiger partial charge in [0.2, 0.25) is 0 Å². The zero-order valence-electron chi connectivity index (χ0n) is 14.5. The number of piperazine rings is 1. The number of carbonyl (C=O) groups excluding carboxylic acids is 2. The lowest BCUT2D eigenvalue weighted by Gasteiger charge is -2.35. The lowest BCUT2D eigenvalue weighted by atomic mass is 10.1. The van der Waals surface area contributed by atoms with Crippen LogP contribution >= 0.6 is 11.6 Å². The second-order valence-corrected chi connectivity index (χ2v) is 6.72. The third-order valence-corrected chi connectivity index (χ3v) is 4.71. The third-order valence-electron chi connectivity index (χ3n) is 4.47. The molecular weight excluding hydrogens is 400 g/mol. The monoisotopic (exact) mass is 414 g/mol. The molecule has 2 aromatic rings. The molecule has 0 saturated carbocycles. The van der Waals surface area contributed by atoms with Crippen molar-refractivity contribution in [1.82, 2.24) is 9.80 Å². The van der Waals surface area contributed by atoms with Gasteiger partial charge in [0, 0.05) is 36.8 Å². The highest BCUT2D eigenvalue weighted by atomic mass is 35.5. The molecule has 2 amide bonds. The molecule has 4 nitrogen and oxygen atoms in total. The zero-order valence-corrected chi connectivity index (χ0v) is 15.2. The van der Waals surface area contributed by atoms with Crippen molar-refractivity contribution in [2.75, 3.05) is 26.2 Å². The van der Waals surface area contributed by atoms with Gasteiger partial charge >= 0.3 is 6.18 Å². The van der Waals surface area contributed by atoms with E-state index in [2.05, 4.69) is 0 Å². The lowest BCUT2D eigenvalue weighted by Crippen LogP contribution is -2.50. The molecule has 9 heteroatoms. The van der Waals surface area contributed by atoms with Crippen LogP contribution in [0.4, 0.5) is 17.6 Å². The fraction of sp³-hybridized carbons (Fsp3) is 0.263. The molecular formula is C19H15ClF4N2O2. The van der Waals surface area contributed by atoms with Gasteiger partial charge in [-0.3, -0.25) is 9.59 Å². The first-order valence-corrected chi connectivity index (χ1v) is 8.75. The minimum atomic E-state index is -4.47. The molecule has 0 spiro atoms. The van der Waals surface area contributed by atoms with Gasteiger partial charge in [0.1, 0.15) is 5.82 Å². The lowest BCUT2D eigenvalue weighted by molar-refractivity contribution is -0.137. The Morgan fingerprint density at radius 1 is 0.857 bits per heavy atom. The van der Waals surface area contributed by atoms with E-state index in [1.165, 1.54) is 21.9 Å². The number of hydrogen-bond donors (Lipinski definition) is 0. The first-order valence-electron chi connectivity index (χ1n) is 8.37. The van der Waals surface area contributed by atoms with Crippen LogP contribution < -0.4 is 0 Å². The van der Waals surface area contributed by atoms with Crippen LogP contribution in [0.3, 0.4) is 0 Å². The summed E-state index contributed by atoms with van der Waals surface area (Å²) in [6, 6.07) is 7.76. The Kier molecular flexibility index (Phi) is 5.60. The molecule has 0 aromatic heterocycles. The fourth-order valence-corrected chi connectivity index (χ4v) is 3.09. The Morgan fingerprint density at radius 2 is 1.39 bits per heavy atom. The van der Waals surface area contributed by atoms with E-state index in [4.69, 9.17) is 11.6 Å². The molecule has 1 fully saturated rings. The molecule has 148 valence electrons. The van der Waals surface area contributed by atoms with E-state index in [-0.39, 0.29) is 42.3 Å². The third kappa shape index (κ3) is 4.27. The van der Waals surface area contributed by atoms with Crippen molar-refractivity contribution in [3.05, 3.63) is 70.0 Å². The van der Waals surface area contributed by atoms with Crippen LogP contribution in [0, 0.1) is 5.82 Å². The van der Waals surface area contributed by atoms with Crippen molar-refractivity contribution in [3.8, 4) is 0 Å². The molecule has 0 aliphatic carbocycles. The van der Waals surface area contributed by atoms with Gasteiger partial charge in [-0.25, -0.2) is 4.39 Å². The summed E-state index contributed by atoms with van der Waals surface area (Å²) in [7, 11) is 0. The Bertz CT molecular complexity index is 892. The van der Waals surface area contributed by atoms with E-state index in [0.29, 0.717) is 0 Å². The summed E-state index contributed by atoms with van der Waals surface area (Å²) in [6.45, 7) is 0.766. The molecule has 0 unspecified atom stereocenters. The summed E-state index contributed by atoms with van der Waals surface area (Å²) >= 11 is 5.68. The molecule has 0 atom stereocenters. The van der Waals surface area contributed by atoms with Crippen molar-refractivity contribution >= 4 is 23.4 Å². The van der Waals surface area contributed by atoms with Crippen LogP contribution in [0.1, 0.15) is 26.3 Å². The number of alkyl halides is 3. The Labute approximate surface area is 163 Å². The first kappa shape index (κ1) is 20.1. The van der Waals surface area contributed by atoms with E-state index in [0.717, 1.165) is 30.3 Å². The van der Waals surface area contributed by atoms with Gasteiger partial charge in [0.05, 0.1) is 11.1 Å². The van der Waals surface area contributed by atoms with Crippen molar-refractivity contribution in [1.29, 1.82) is 0 Å². The van der Waals surface area contributed by atoms with Gasteiger partial charge < -0.3 is 9.80 Å². The van der Waals surface area contributed by atoms with Crippen LogP contribution in [0.2, 0.25) is 5.02 Å². The molecule has 28 heavy (non-hydrogen) atoms. The fourth-order valence-electron chi connectivity index (χ4n) is 2.93. The van der Waals surface area contributed by atoms with Crippen LogP contribution in [-0.4, -0.2) is 47.8 Å². The van der Waals surface area contributed by atoms with E-state index in [9.17, 15) is 27.2 Å². The Balaban J connectivity index is 1.63. The van der Waals surface area contributed by atoms with Crippen molar-refractivity contribution in [2.45, 2.75) is 6.18 Å². The predicted octanol–water partition coefficient (Wildman–Crippen LogP) is 4.10. The number of amides is 2. The molecule has 1 heterocycles. The average molecular weight is 415 g/mol. The Morgan fingerprint density at radius 3 is 1.89 bits per heavy atom. The molecule has 0 N–H and O–H groups in total. The number of rotatable bonds is 2. The largest absolute Gasteiger partial charge is 0.416 e. The maximum absolute atomic E-state index is 13.9. The van der Waals surface area contributed by atoms with Gasteiger partial charge in [0.25, 0.3) is 11.8 Å². The number of benzene rings is 2. The SMILES string of the molecule is O=C(c1ccc(C(F)(F)F)cc1)N1CCN(C(=O)c2ccc(Cl)cc2F)CC1. The molecule has 1 aliphatic heterocycles. The highest BCUT2D eigenvalue weighted by Crippen LogP contribution is 2.29. The number of hydrogen-bond acceptors (Lipinski definition) is 2. The molecule has 3 rings (SSSR count). The summed E-state index contributed by atoms with van der Waals surface area (Å²) in [4.78, 5) is 27.8. The topological polar surface area (TPSA) is 40.6 Å². The zero-order chi connectivity index (χ0) is 20.5. The van der Waals surface area contributed by atoms with Gasteiger partial charge in [-0.1, -0.05) is 11.6 Å². The summed E-state index contributed by atoms with van der Waals surface area (Å²) in [5.41, 5.74) is -0.798. The average Bonchev–Trinajstić information content (AvgIpc) is 2.66. The second kappa shape index (κ2) is 7.79. The number of nitrogens with zero attached hydrogens (tertiary/aromatic N) is 2. The van der Waals surface area contributed by atoms with Crippen molar-refractivity contribution in [3.63, 3.8) is 0 Å². The highest BCUT2D eigenvalue weighted by Gasteiger charge is 2.31. The van der Waals surface area contributed by atoms with Gasteiger partial charge in [-0.15, -0.1) is 0 Å². The van der Waals surface area contributed by atoms with E-state index >= 15 is 0 Å². The Hall–Kier alpha value is -2.61. The smallest absolute Gasteiger partial charge is 0.335 e. The summed E-state index contributed by atoms with van der Waals surface area (Å²) in [6.07, 6.45) is -4.47. The first-order chi connectivity index (χ1) is 13.2. The van der Waals surface area contributed by atoms with Crippen LogP contribution in [0.25, 0.3) is 0 Å².